The van der Waals surface area contributed by atoms with Crippen molar-refractivity contribution in [1.82, 2.24) is 4.90 Å². The Kier molecular flexibility index (Phi) is 4.80. The van der Waals surface area contributed by atoms with E-state index in [-0.39, 0.29) is 18.2 Å². The number of carboxylic acid groups (broad SMARTS) is 1. The number of hydrogen-bond acceptors (Lipinski definition) is 3. The van der Waals surface area contributed by atoms with Crippen LogP contribution < -0.4 is 4.90 Å². The van der Waals surface area contributed by atoms with Gasteiger partial charge in [-0.1, -0.05) is 12.1 Å². The van der Waals surface area contributed by atoms with E-state index in [1.165, 1.54) is 11.0 Å². The van der Waals surface area contributed by atoms with Crippen LogP contribution in [0.4, 0.5) is 10.5 Å². The van der Waals surface area contributed by atoms with Crippen LogP contribution in [-0.4, -0.2) is 53.9 Å². The van der Waals surface area contributed by atoms with Crippen LogP contribution in [0, 0.1) is 5.92 Å². The molecular formula is C15H20N2O4. The number of nitrogens with zero attached hydrogens (tertiary/aromatic N) is 2. The van der Waals surface area contributed by atoms with Crippen molar-refractivity contribution in [3.05, 3.63) is 29.8 Å². The fourth-order valence-electron chi connectivity index (χ4n) is 2.69. The van der Waals surface area contributed by atoms with Gasteiger partial charge >= 0.3 is 12.0 Å². The Balaban J connectivity index is 2.12. The third-order valence-corrected chi connectivity index (χ3v) is 3.88. The Bertz CT molecular complexity index is 532. The van der Waals surface area contributed by atoms with Crippen molar-refractivity contribution in [3.8, 4) is 0 Å². The summed E-state index contributed by atoms with van der Waals surface area (Å²) in [4.78, 5) is 26.8. The van der Waals surface area contributed by atoms with E-state index in [0.717, 1.165) is 6.42 Å². The van der Waals surface area contributed by atoms with Gasteiger partial charge in [-0.25, -0.2) is 9.59 Å². The molecule has 1 aromatic rings. The Morgan fingerprint density at radius 2 is 2.10 bits per heavy atom. The fourth-order valence-corrected chi connectivity index (χ4v) is 2.69. The smallest absolute Gasteiger partial charge is 0.337 e. The number of carbonyl (C=O) groups excluding carboxylic acids is 1. The van der Waals surface area contributed by atoms with Crippen molar-refractivity contribution < 1.29 is 19.8 Å². The Morgan fingerprint density at radius 3 is 2.76 bits per heavy atom. The van der Waals surface area contributed by atoms with E-state index in [1.54, 1.807) is 30.1 Å². The van der Waals surface area contributed by atoms with Crippen LogP contribution in [0.5, 0.6) is 0 Å². The van der Waals surface area contributed by atoms with Crippen LogP contribution in [0.1, 0.15) is 23.2 Å². The summed E-state index contributed by atoms with van der Waals surface area (Å²) in [5, 5.41) is 18.2. The zero-order valence-electron chi connectivity index (χ0n) is 12.0. The molecule has 0 aromatic heterocycles. The number of aromatic carboxylic acids is 1. The van der Waals surface area contributed by atoms with Gasteiger partial charge in [-0.15, -0.1) is 0 Å². The topological polar surface area (TPSA) is 81.1 Å². The van der Waals surface area contributed by atoms with Gasteiger partial charge in [0.25, 0.3) is 0 Å². The average Bonchev–Trinajstić information content (AvgIpc) is 2.94. The Hall–Kier alpha value is -2.08. The summed E-state index contributed by atoms with van der Waals surface area (Å²) < 4.78 is 0. The maximum atomic E-state index is 12.5. The maximum absolute atomic E-state index is 12.5. The lowest BCUT2D eigenvalue weighted by Crippen LogP contribution is -2.40. The van der Waals surface area contributed by atoms with E-state index in [4.69, 9.17) is 5.11 Å². The number of amides is 2. The molecule has 0 saturated carbocycles. The first-order chi connectivity index (χ1) is 10.0. The second kappa shape index (κ2) is 6.58. The Labute approximate surface area is 123 Å². The van der Waals surface area contributed by atoms with Gasteiger partial charge in [-0.3, -0.25) is 4.90 Å². The molecular weight excluding hydrogens is 272 g/mol. The van der Waals surface area contributed by atoms with Crippen LogP contribution in [0.15, 0.2) is 24.3 Å². The lowest BCUT2D eigenvalue weighted by Gasteiger charge is -2.25. The van der Waals surface area contributed by atoms with E-state index < -0.39 is 5.97 Å². The van der Waals surface area contributed by atoms with Crippen LogP contribution >= 0.6 is 0 Å². The zero-order chi connectivity index (χ0) is 15.4. The summed E-state index contributed by atoms with van der Waals surface area (Å²) in [6.07, 6.45) is 1.57. The van der Waals surface area contributed by atoms with E-state index >= 15 is 0 Å². The number of hydrogen-bond donors (Lipinski definition) is 2. The van der Waals surface area contributed by atoms with E-state index in [9.17, 15) is 14.7 Å². The highest BCUT2D eigenvalue weighted by Crippen LogP contribution is 2.24. The molecule has 0 spiro atoms. The molecule has 0 aliphatic carbocycles. The van der Waals surface area contributed by atoms with Crippen molar-refractivity contribution in [2.24, 2.45) is 5.92 Å². The second-order valence-corrected chi connectivity index (χ2v) is 5.28. The lowest BCUT2D eigenvalue weighted by molar-refractivity contribution is 0.0697. The van der Waals surface area contributed by atoms with E-state index in [1.807, 2.05) is 0 Å². The molecule has 1 aliphatic rings. The molecule has 0 radical (unpaired) electrons. The first kappa shape index (κ1) is 15.3. The molecule has 1 fully saturated rings. The van der Waals surface area contributed by atoms with Crippen molar-refractivity contribution in [1.29, 1.82) is 0 Å². The number of carboxylic acids is 1. The normalized spacial score (nSPS) is 17.8. The minimum Gasteiger partial charge on any atom is -0.478 e. The number of anilines is 1. The third-order valence-electron chi connectivity index (χ3n) is 3.88. The molecule has 0 bridgehead atoms. The maximum Gasteiger partial charge on any atom is 0.337 e. The van der Waals surface area contributed by atoms with Crippen molar-refractivity contribution in [3.63, 3.8) is 0 Å². The van der Waals surface area contributed by atoms with Crippen LogP contribution in [0.3, 0.4) is 0 Å². The molecule has 1 atom stereocenters. The number of urea groups is 1. The van der Waals surface area contributed by atoms with Crippen LogP contribution in [0.25, 0.3) is 0 Å². The molecule has 6 nitrogen and oxygen atoms in total. The van der Waals surface area contributed by atoms with Crippen molar-refractivity contribution >= 4 is 17.7 Å². The predicted octanol–water partition coefficient (Wildman–Crippen LogP) is 1.65. The van der Waals surface area contributed by atoms with Crippen LogP contribution in [0.2, 0.25) is 0 Å². The molecule has 1 unspecified atom stereocenters. The van der Waals surface area contributed by atoms with Crippen molar-refractivity contribution in [2.75, 3.05) is 31.6 Å². The van der Waals surface area contributed by atoms with Gasteiger partial charge in [0.15, 0.2) is 0 Å². The third kappa shape index (κ3) is 3.33. The highest BCUT2D eigenvalue weighted by atomic mass is 16.4. The molecule has 2 rings (SSSR count). The van der Waals surface area contributed by atoms with Gasteiger partial charge in [-0.05, 0) is 30.9 Å². The summed E-state index contributed by atoms with van der Waals surface area (Å²) in [6.45, 7) is 1.38. The molecule has 1 saturated heterocycles. The minimum atomic E-state index is -1.05. The molecule has 1 heterocycles. The lowest BCUT2D eigenvalue weighted by atomic mass is 10.1. The molecule has 1 aromatic carbocycles. The molecule has 6 heteroatoms. The number of rotatable bonds is 4. The van der Waals surface area contributed by atoms with E-state index in [2.05, 4.69) is 0 Å². The quantitative estimate of drug-likeness (QED) is 0.884. The van der Waals surface area contributed by atoms with Crippen LogP contribution in [-0.2, 0) is 0 Å². The molecule has 2 amide bonds. The van der Waals surface area contributed by atoms with Gasteiger partial charge < -0.3 is 15.1 Å². The van der Waals surface area contributed by atoms with Gasteiger partial charge in [0.05, 0.1) is 11.3 Å². The summed E-state index contributed by atoms with van der Waals surface area (Å²) in [5.74, 6) is -0.730. The summed E-state index contributed by atoms with van der Waals surface area (Å²) >= 11 is 0. The summed E-state index contributed by atoms with van der Waals surface area (Å²) in [5.41, 5.74) is 0.500. The zero-order valence-corrected chi connectivity index (χ0v) is 12.0. The average molecular weight is 292 g/mol. The number of likely N-dealkylation sites (tertiary alicyclic amines) is 1. The fraction of sp³-hybridized carbons (Fsp3) is 0.467. The first-order valence-electron chi connectivity index (χ1n) is 7.00. The van der Waals surface area contributed by atoms with Crippen molar-refractivity contribution in [2.45, 2.75) is 12.8 Å². The summed E-state index contributed by atoms with van der Waals surface area (Å²) in [6, 6.07) is 6.26. The predicted molar refractivity (Wildman–Crippen MR) is 78.6 cm³/mol. The largest absolute Gasteiger partial charge is 0.478 e. The number of aliphatic hydroxyl groups is 1. The number of aliphatic hydroxyl groups excluding tert-OH is 1. The summed E-state index contributed by atoms with van der Waals surface area (Å²) in [7, 11) is 1.59. The van der Waals surface area contributed by atoms with Gasteiger partial charge in [0.1, 0.15) is 0 Å². The minimum absolute atomic E-state index is 0.111. The second-order valence-electron chi connectivity index (χ2n) is 5.28. The van der Waals surface area contributed by atoms with Gasteiger partial charge in [0, 0.05) is 26.7 Å². The molecule has 21 heavy (non-hydrogen) atoms. The molecule has 114 valence electrons. The highest BCUT2D eigenvalue weighted by molar-refractivity contribution is 6.01. The molecule has 1 aliphatic heterocycles. The SMILES string of the molecule is CN(C(=O)N1CCC(CCO)C1)c1ccccc1C(=O)O. The first-order valence-corrected chi connectivity index (χ1v) is 7.00. The highest BCUT2D eigenvalue weighted by Gasteiger charge is 2.29. The standard InChI is InChI=1S/C15H20N2O4/c1-16(13-5-3-2-4-12(13)14(19)20)15(21)17-8-6-11(10-17)7-9-18/h2-5,11,18H,6-10H2,1H3,(H,19,20). The van der Waals surface area contributed by atoms with E-state index in [0.29, 0.717) is 31.1 Å². The van der Waals surface area contributed by atoms with Gasteiger partial charge in [0.2, 0.25) is 0 Å². The number of carbonyl (C=O) groups is 2. The number of benzene rings is 1. The Morgan fingerprint density at radius 1 is 1.38 bits per heavy atom. The number of para-hydroxylation sites is 1. The van der Waals surface area contributed by atoms with Gasteiger partial charge in [-0.2, -0.15) is 0 Å². The monoisotopic (exact) mass is 292 g/mol. The molecule has 2 N–H and O–H groups in total.